The summed E-state index contributed by atoms with van der Waals surface area (Å²) in [7, 11) is 0. The summed E-state index contributed by atoms with van der Waals surface area (Å²) < 4.78 is 11.5. The van der Waals surface area contributed by atoms with E-state index in [1.807, 2.05) is 43.3 Å². The molecule has 1 aromatic heterocycles. The lowest BCUT2D eigenvalue weighted by molar-refractivity contribution is -0.130. The molecule has 1 amide bonds. The fourth-order valence-corrected chi connectivity index (χ4v) is 5.93. The van der Waals surface area contributed by atoms with E-state index in [0.29, 0.717) is 38.7 Å². The van der Waals surface area contributed by atoms with Crippen molar-refractivity contribution in [3.63, 3.8) is 0 Å². The Balaban J connectivity index is 1.38. The molecule has 4 rings (SSSR count). The molecule has 0 radical (unpaired) electrons. The van der Waals surface area contributed by atoms with Gasteiger partial charge in [-0.1, -0.05) is 80.6 Å². The third-order valence-corrected chi connectivity index (χ3v) is 8.74. The minimum Gasteiger partial charge on any atom is -0.379 e. The van der Waals surface area contributed by atoms with Crippen molar-refractivity contribution in [3.8, 4) is 11.1 Å². The van der Waals surface area contributed by atoms with E-state index in [-0.39, 0.29) is 49.3 Å². The van der Waals surface area contributed by atoms with Gasteiger partial charge in [0.1, 0.15) is 17.6 Å². The molecule has 0 saturated heterocycles. The van der Waals surface area contributed by atoms with Gasteiger partial charge in [0.05, 0.1) is 19.8 Å². The molecule has 0 aliphatic carbocycles. The van der Waals surface area contributed by atoms with Gasteiger partial charge in [0.25, 0.3) is 0 Å². The SMILES string of the molecule is CC(=O)C[C@H](CC(=O)[C@H](COCCOCCC(C)C)NC(=O)CCCCNc1cc(C)ccn1)c1ccc(-c2cccc3ccccc23)cc1. The van der Waals surface area contributed by atoms with Gasteiger partial charge in [0.2, 0.25) is 5.91 Å². The van der Waals surface area contributed by atoms with Crippen molar-refractivity contribution in [1.82, 2.24) is 10.3 Å². The van der Waals surface area contributed by atoms with Gasteiger partial charge in [-0.15, -0.1) is 0 Å². The number of fused-ring (bicyclic) bond motifs is 1. The second-order valence-electron chi connectivity index (χ2n) is 13.5. The smallest absolute Gasteiger partial charge is 0.220 e. The predicted molar refractivity (Wildman–Crippen MR) is 201 cm³/mol. The van der Waals surface area contributed by atoms with Crippen LogP contribution in [-0.2, 0) is 23.9 Å². The molecule has 0 unspecified atom stereocenters. The van der Waals surface area contributed by atoms with Crippen molar-refractivity contribution in [2.24, 2.45) is 5.92 Å². The van der Waals surface area contributed by atoms with E-state index in [0.717, 1.165) is 40.9 Å². The molecule has 8 heteroatoms. The topological polar surface area (TPSA) is 107 Å². The molecule has 3 aromatic carbocycles. The highest BCUT2D eigenvalue weighted by molar-refractivity contribution is 5.96. The lowest BCUT2D eigenvalue weighted by atomic mass is 9.86. The van der Waals surface area contributed by atoms with Crippen LogP contribution in [0.5, 0.6) is 0 Å². The molecule has 2 N–H and O–H groups in total. The van der Waals surface area contributed by atoms with Crippen LogP contribution >= 0.6 is 0 Å². The number of rotatable bonds is 22. The summed E-state index contributed by atoms with van der Waals surface area (Å²) in [6.45, 7) is 10.00. The van der Waals surface area contributed by atoms with Crippen LogP contribution in [0.25, 0.3) is 21.9 Å². The molecule has 2 atom stereocenters. The van der Waals surface area contributed by atoms with Gasteiger partial charge in [-0.25, -0.2) is 4.98 Å². The first-order valence-corrected chi connectivity index (χ1v) is 17.9. The minimum atomic E-state index is -0.822. The van der Waals surface area contributed by atoms with Gasteiger partial charge in [-0.05, 0) is 90.1 Å². The summed E-state index contributed by atoms with van der Waals surface area (Å²) in [5.74, 6) is 0.702. The maximum absolute atomic E-state index is 13.8. The highest BCUT2D eigenvalue weighted by Crippen LogP contribution is 2.31. The minimum absolute atomic E-state index is 0.00536. The Kier molecular flexibility index (Phi) is 15.6. The molecule has 0 bridgehead atoms. The molecule has 8 nitrogen and oxygen atoms in total. The normalized spacial score (nSPS) is 12.5. The summed E-state index contributed by atoms with van der Waals surface area (Å²) in [5, 5.41) is 8.56. The Morgan fingerprint density at radius 1 is 0.840 bits per heavy atom. The third kappa shape index (κ3) is 12.8. The molecule has 0 saturated carbocycles. The van der Waals surface area contributed by atoms with E-state index in [1.54, 1.807) is 13.1 Å². The summed E-state index contributed by atoms with van der Waals surface area (Å²) >= 11 is 0. The Morgan fingerprint density at radius 3 is 2.36 bits per heavy atom. The number of carbonyl (C=O) groups is 3. The molecule has 0 aliphatic heterocycles. The van der Waals surface area contributed by atoms with Crippen LogP contribution in [0.1, 0.15) is 76.3 Å². The number of ketones is 2. The molecule has 266 valence electrons. The largest absolute Gasteiger partial charge is 0.379 e. The molecular weight excluding hydrogens is 626 g/mol. The summed E-state index contributed by atoms with van der Waals surface area (Å²) in [6.07, 6.45) is 4.80. The highest BCUT2D eigenvalue weighted by Gasteiger charge is 2.26. The maximum atomic E-state index is 13.8. The van der Waals surface area contributed by atoms with E-state index in [1.165, 1.54) is 10.8 Å². The van der Waals surface area contributed by atoms with Gasteiger partial charge in [0, 0.05) is 38.6 Å². The molecule has 0 fully saturated rings. The molecule has 4 aromatic rings. The second kappa shape index (κ2) is 20.3. The predicted octanol–water partition coefficient (Wildman–Crippen LogP) is 8.08. The number of hydrogen-bond acceptors (Lipinski definition) is 7. The number of hydrogen-bond donors (Lipinski definition) is 2. The average Bonchev–Trinajstić information content (AvgIpc) is 3.09. The van der Waals surface area contributed by atoms with Crippen LogP contribution in [0.4, 0.5) is 5.82 Å². The van der Waals surface area contributed by atoms with Gasteiger partial charge in [-0.3, -0.25) is 9.59 Å². The van der Waals surface area contributed by atoms with Crippen LogP contribution in [0, 0.1) is 12.8 Å². The van der Waals surface area contributed by atoms with Crippen LogP contribution in [-0.4, -0.2) is 61.5 Å². The van der Waals surface area contributed by atoms with Crippen molar-refractivity contribution < 1.29 is 23.9 Å². The van der Waals surface area contributed by atoms with Gasteiger partial charge >= 0.3 is 0 Å². The Morgan fingerprint density at radius 2 is 1.60 bits per heavy atom. The van der Waals surface area contributed by atoms with Crippen LogP contribution in [0.3, 0.4) is 0 Å². The standard InChI is InChI=1S/C42H53N3O5/c1-30(2)20-23-49-24-25-50-29-39(45-42(48)14-7-8-21-43-41-26-31(3)19-22-44-41)40(47)28-36(27-32(4)46)33-15-17-35(18-16-33)38-13-9-11-34-10-5-6-12-37(34)38/h5-6,9-13,15-19,22,26,30,36,39H,7-8,14,20-21,23-25,27-29H2,1-4H3,(H,43,44)(H,45,48)/t36-,39+/m1/s1. The number of benzene rings is 3. The summed E-state index contributed by atoms with van der Waals surface area (Å²) in [5.41, 5.74) is 4.24. The van der Waals surface area contributed by atoms with Crippen LogP contribution < -0.4 is 10.6 Å². The molecular formula is C42H53N3O5. The first-order chi connectivity index (χ1) is 24.2. The highest BCUT2D eigenvalue weighted by atomic mass is 16.5. The fraction of sp³-hybridized carbons (Fsp3) is 0.429. The first-order valence-electron chi connectivity index (χ1n) is 17.9. The number of unbranched alkanes of at least 4 members (excludes halogenated alkanes) is 1. The van der Waals surface area contributed by atoms with E-state index in [4.69, 9.17) is 9.47 Å². The number of aryl methyl sites for hydroxylation is 1. The quantitative estimate of drug-likeness (QED) is 0.0809. The van der Waals surface area contributed by atoms with E-state index < -0.39 is 6.04 Å². The third-order valence-electron chi connectivity index (χ3n) is 8.74. The molecule has 1 heterocycles. The van der Waals surface area contributed by atoms with E-state index >= 15 is 0 Å². The van der Waals surface area contributed by atoms with E-state index in [9.17, 15) is 14.4 Å². The number of pyridine rings is 1. The van der Waals surface area contributed by atoms with E-state index in [2.05, 4.69) is 71.9 Å². The van der Waals surface area contributed by atoms with Gasteiger partial charge in [0.15, 0.2) is 5.78 Å². The first kappa shape index (κ1) is 38.4. The molecule has 0 spiro atoms. The Hall–Kier alpha value is -4.40. The summed E-state index contributed by atoms with van der Waals surface area (Å²) in [6, 6.07) is 25.8. The van der Waals surface area contributed by atoms with Crippen molar-refractivity contribution in [1.29, 1.82) is 0 Å². The van der Waals surface area contributed by atoms with Crippen molar-refractivity contribution in [3.05, 3.63) is 96.2 Å². The number of carbonyl (C=O) groups excluding carboxylic acids is 3. The number of Topliss-reactive ketones (excluding diaryl/α,β-unsaturated/α-hetero) is 2. The molecule has 0 aliphatic rings. The van der Waals surface area contributed by atoms with Gasteiger partial charge < -0.3 is 24.9 Å². The molecule has 50 heavy (non-hydrogen) atoms. The fourth-order valence-electron chi connectivity index (χ4n) is 5.93. The van der Waals surface area contributed by atoms with Crippen molar-refractivity contribution in [2.75, 3.05) is 38.3 Å². The maximum Gasteiger partial charge on any atom is 0.220 e. The number of amides is 1. The van der Waals surface area contributed by atoms with Crippen molar-refractivity contribution >= 4 is 34.1 Å². The number of aromatic nitrogens is 1. The van der Waals surface area contributed by atoms with Crippen LogP contribution in [0.2, 0.25) is 0 Å². The zero-order valence-corrected chi connectivity index (χ0v) is 30.1. The number of ether oxygens (including phenoxy) is 2. The second-order valence-corrected chi connectivity index (χ2v) is 13.5. The zero-order chi connectivity index (χ0) is 35.7. The van der Waals surface area contributed by atoms with Crippen molar-refractivity contribution in [2.45, 2.75) is 78.2 Å². The lowest BCUT2D eigenvalue weighted by Crippen LogP contribution is -2.44. The Bertz CT molecular complexity index is 1660. The Labute approximate surface area is 297 Å². The van der Waals surface area contributed by atoms with Gasteiger partial charge in [-0.2, -0.15) is 0 Å². The zero-order valence-electron chi connectivity index (χ0n) is 30.1. The van der Waals surface area contributed by atoms with Crippen LogP contribution in [0.15, 0.2) is 85.1 Å². The number of nitrogens with zero attached hydrogens (tertiary/aromatic N) is 1. The lowest BCUT2D eigenvalue weighted by Gasteiger charge is -2.22. The average molecular weight is 680 g/mol. The monoisotopic (exact) mass is 679 g/mol. The number of anilines is 1. The number of nitrogens with one attached hydrogen (secondary N) is 2. The summed E-state index contributed by atoms with van der Waals surface area (Å²) in [4.78, 5) is 43.6.